The van der Waals surface area contributed by atoms with E-state index in [1.54, 1.807) is 6.07 Å². The molecule has 0 aliphatic rings. The van der Waals surface area contributed by atoms with E-state index in [0.717, 1.165) is 53.3 Å². The number of amides is 1. The molecule has 4 rings (SSSR count). The molecule has 2 aromatic heterocycles. The number of anilines is 1. The van der Waals surface area contributed by atoms with Crippen molar-refractivity contribution in [2.45, 2.75) is 25.8 Å². The molecule has 2 aromatic carbocycles. The molecule has 0 aliphatic carbocycles. The molecule has 0 fully saturated rings. The minimum atomic E-state index is -0.374. The molecule has 0 atom stereocenters. The highest BCUT2D eigenvalue weighted by molar-refractivity contribution is 6.06. The number of aromatic nitrogens is 3. The number of hydrogen-bond donors (Lipinski definition) is 2. The van der Waals surface area contributed by atoms with E-state index in [1.165, 1.54) is 0 Å². The zero-order valence-corrected chi connectivity index (χ0v) is 14.9. The summed E-state index contributed by atoms with van der Waals surface area (Å²) in [7, 11) is 0. The number of carbonyl (C=O) groups excluding carboxylic acids is 1. The normalized spacial score (nSPS) is 11.3. The number of hydrogen-bond acceptors (Lipinski definition) is 4. The van der Waals surface area contributed by atoms with Crippen LogP contribution in [-0.2, 0) is 13.0 Å². The van der Waals surface area contributed by atoms with Gasteiger partial charge in [0.1, 0.15) is 5.52 Å². The van der Waals surface area contributed by atoms with Crippen molar-refractivity contribution in [1.29, 1.82) is 0 Å². The number of rotatable bonds is 6. The largest absolute Gasteiger partial charge is 0.382 e. The second kappa shape index (κ2) is 7.07. The van der Waals surface area contributed by atoms with E-state index in [-0.39, 0.29) is 5.91 Å². The van der Waals surface area contributed by atoms with E-state index in [0.29, 0.717) is 11.4 Å². The van der Waals surface area contributed by atoms with Crippen LogP contribution < -0.4 is 11.5 Å². The standard InChI is InChI=1S/C21H21N5O/c22-20-18-19(16-10-3-4-11-17(16)25-20)26(13-24-18)12-6-5-8-14-7-1-2-9-15(14)21(23)27/h1-4,7,9-11,13H,5-6,8,12H2,(H2,22,25)(H2,23,27). The zero-order chi connectivity index (χ0) is 18.8. The number of primary amides is 1. The maximum absolute atomic E-state index is 11.5. The lowest BCUT2D eigenvalue weighted by Crippen LogP contribution is -2.13. The predicted octanol–water partition coefficient (Wildman–Crippen LogP) is 3.29. The third-order valence-corrected chi connectivity index (χ3v) is 4.86. The molecule has 0 aliphatic heterocycles. The molecule has 4 aromatic rings. The summed E-state index contributed by atoms with van der Waals surface area (Å²) in [5.41, 5.74) is 15.8. The van der Waals surface area contributed by atoms with Gasteiger partial charge in [-0.3, -0.25) is 4.79 Å². The summed E-state index contributed by atoms with van der Waals surface area (Å²) in [5, 5.41) is 1.05. The first-order valence-electron chi connectivity index (χ1n) is 9.02. The fourth-order valence-electron chi connectivity index (χ4n) is 3.55. The number of carbonyl (C=O) groups is 1. The summed E-state index contributed by atoms with van der Waals surface area (Å²) >= 11 is 0. The molecule has 0 unspecified atom stereocenters. The Labute approximate surface area is 156 Å². The highest BCUT2D eigenvalue weighted by Crippen LogP contribution is 2.27. The van der Waals surface area contributed by atoms with Crippen LogP contribution in [0.2, 0.25) is 0 Å². The first-order valence-corrected chi connectivity index (χ1v) is 9.02. The van der Waals surface area contributed by atoms with Gasteiger partial charge in [0.05, 0.1) is 17.4 Å². The van der Waals surface area contributed by atoms with Crippen molar-refractivity contribution in [3.05, 3.63) is 66.0 Å². The molecule has 27 heavy (non-hydrogen) atoms. The van der Waals surface area contributed by atoms with Crippen molar-refractivity contribution in [2.24, 2.45) is 5.73 Å². The van der Waals surface area contributed by atoms with E-state index < -0.39 is 0 Å². The fraction of sp³-hybridized carbons (Fsp3) is 0.190. The van der Waals surface area contributed by atoms with Gasteiger partial charge in [0.2, 0.25) is 5.91 Å². The van der Waals surface area contributed by atoms with Gasteiger partial charge in [0.25, 0.3) is 0 Å². The van der Waals surface area contributed by atoms with E-state index in [2.05, 4.69) is 14.5 Å². The third kappa shape index (κ3) is 3.21. The molecule has 0 radical (unpaired) electrons. The van der Waals surface area contributed by atoms with Gasteiger partial charge in [-0.25, -0.2) is 9.97 Å². The summed E-state index contributed by atoms with van der Waals surface area (Å²) in [6.45, 7) is 0.822. The molecule has 1 amide bonds. The van der Waals surface area contributed by atoms with Crippen LogP contribution in [0.4, 0.5) is 5.82 Å². The lowest BCUT2D eigenvalue weighted by Gasteiger charge is -2.09. The summed E-state index contributed by atoms with van der Waals surface area (Å²) in [6, 6.07) is 15.5. The Morgan fingerprint density at radius 1 is 1.04 bits per heavy atom. The number of pyridine rings is 1. The summed E-state index contributed by atoms with van der Waals surface area (Å²) in [6.07, 6.45) is 4.54. The molecule has 4 N–H and O–H groups in total. The van der Waals surface area contributed by atoms with Crippen molar-refractivity contribution in [1.82, 2.24) is 14.5 Å². The topological polar surface area (TPSA) is 99.8 Å². The number of nitrogens with zero attached hydrogens (tertiary/aromatic N) is 3. The van der Waals surface area contributed by atoms with Crippen LogP contribution in [0.3, 0.4) is 0 Å². The minimum Gasteiger partial charge on any atom is -0.382 e. The number of aryl methyl sites for hydroxylation is 2. The highest BCUT2D eigenvalue weighted by Gasteiger charge is 2.12. The average Bonchev–Trinajstić information content (AvgIpc) is 3.10. The van der Waals surface area contributed by atoms with E-state index in [1.807, 2.05) is 48.8 Å². The number of para-hydroxylation sites is 1. The maximum Gasteiger partial charge on any atom is 0.248 e. The summed E-state index contributed by atoms with van der Waals surface area (Å²) < 4.78 is 2.13. The molecule has 0 saturated carbocycles. The number of benzene rings is 2. The van der Waals surface area contributed by atoms with Crippen LogP contribution in [0.5, 0.6) is 0 Å². The van der Waals surface area contributed by atoms with Gasteiger partial charge in [0, 0.05) is 17.5 Å². The second-order valence-corrected chi connectivity index (χ2v) is 6.63. The molecular weight excluding hydrogens is 338 g/mol. The number of nitrogen functional groups attached to an aromatic ring is 1. The third-order valence-electron chi connectivity index (χ3n) is 4.86. The fourth-order valence-corrected chi connectivity index (χ4v) is 3.55. The first-order chi connectivity index (χ1) is 13.1. The quantitative estimate of drug-likeness (QED) is 0.516. The van der Waals surface area contributed by atoms with Crippen molar-refractivity contribution >= 4 is 33.7 Å². The number of imidazole rings is 1. The smallest absolute Gasteiger partial charge is 0.248 e. The van der Waals surface area contributed by atoms with Gasteiger partial charge < -0.3 is 16.0 Å². The Hall–Kier alpha value is -3.41. The van der Waals surface area contributed by atoms with Gasteiger partial charge in [-0.15, -0.1) is 0 Å². The van der Waals surface area contributed by atoms with E-state index in [4.69, 9.17) is 11.5 Å². The molecule has 0 saturated heterocycles. The van der Waals surface area contributed by atoms with Crippen molar-refractivity contribution in [3.63, 3.8) is 0 Å². The Morgan fingerprint density at radius 3 is 2.67 bits per heavy atom. The van der Waals surface area contributed by atoms with Crippen LogP contribution >= 0.6 is 0 Å². The van der Waals surface area contributed by atoms with Crippen LogP contribution in [0.15, 0.2) is 54.9 Å². The van der Waals surface area contributed by atoms with E-state index in [9.17, 15) is 4.79 Å². The monoisotopic (exact) mass is 359 g/mol. The average molecular weight is 359 g/mol. The van der Waals surface area contributed by atoms with Gasteiger partial charge in [0.15, 0.2) is 5.82 Å². The van der Waals surface area contributed by atoms with Crippen LogP contribution in [0.1, 0.15) is 28.8 Å². The van der Waals surface area contributed by atoms with Crippen LogP contribution in [-0.4, -0.2) is 20.4 Å². The molecule has 6 nitrogen and oxygen atoms in total. The van der Waals surface area contributed by atoms with Gasteiger partial charge in [-0.2, -0.15) is 0 Å². The van der Waals surface area contributed by atoms with Gasteiger partial charge in [-0.1, -0.05) is 36.4 Å². The Morgan fingerprint density at radius 2 is 1.81 bits per heavy atom. The predicted molar refractivity (Wildman–Crippen MR) is 107 cm³/mol. The Balaban J connectivity index is 1.53. The SMILES string of the molecule is NC(=O)c1ccccc1CCCCn1cnc2c(N)nc3ccccc3c21. The molecule has 2 heterocycles. The number of unbranched alkanes of at least 4 members (excludes halogenated alkanes) is 1. The molecule has 0 spiro atoms. The number of nitrogens with two attached hydrogens (primary N) is 2. The van der Waals surface area contributed by atoms with Gasteiger partial charge in [-0.05, 0) is 37.0 Å². The van der Waals surface area contributed by atoms with Crippen LogP contribution in [0, 0.1) is 0 Å². The van der Waals surface area contributed by atoms with Crippen molar-refractivity contribution in [2.75, 3.05) is 5.73 Å². The van der Waals surface area contributed by atoms with Crippen LogP contribution in [0.25, 0.3) is 21.9 Å². The zero-order valence-electron chi connectivity index (χ0n) is 14.9. The lowest BCUT2D eigenvalue weighted by molar-refractivity contribution is 0.0999. The molecular formula is C21H21N5O. The number of fused-ring (bicyclic) bond motifs is 3. The van der Waals surface area contributed by atoms with Crippen molar-refractivity contribution in [3.8, 4) is 0 Å². The molecule has 0 bridgehead atoms. The van der Waals surface area contributed by atoms with Gasteiger partial charge >= 0.3 is 0 Å². The second-order valence-electron chi connectivity index (χ2n) is 6.63. The molecule has 136 valence electrons. The Kier molecular flexibility index (Phi) is 4.46. The maximum atomic E-state index is 11.5. The lowest BCUT2D eigenvalue weighted by atomic mass is 10.0. The first kappa shape index (κ1) is 17.0. The summed E-state index contributed by atoms with van der Waals surface area (Å²) in [4.78, 5) is 20.4. The summed E-state index contributed by atoms with van der Waals surface area (Å²) in [5.74, 6) is 0.0819. The Bertz CT molecular complexity index is 1130. The molecule has 6 heteroatoms. The van der Waals surface area contributed by atoms with Crippen molar-refractivity contribution < 1.29 is 4.79 Å². The minimum absolute atomic E-state index is 0.374. The van der Waals surface area contributed by atoms with E-state index >= 15 is 0 Å². The highest BCUT2D eigenvalue weighted by atomic mass is 16.1.